The van der Waals surface area contributed by atoms with Gasteiger partial charge in [-0.1, -0.05) is 44.4 Å². The molecule has 0 amide bonds. The highest BCUT2D eigenvalue weighted by atomic mass is 16.3. The lowest BCUT2D eigenvalue weighted by molar-refractivity contribution is 0.0611. The van der Waals surface area contributed by atoms with Gasteiger partial charge in [-0.05, 0) is 106 Å². The molecule has 0 aromatic carbocycles. The lowest BCUT2D eigenvalue weighted by atomic mass is 9.60. The molecule has 0 aliphatic heterocycles. The second-order valence-corrected chi connectivity index (χ2v) is 11.8. The van der Waals surface area contributed by atoms with E-state index in [-0.39, 0.29) is 0 Å². The van der Waals surface area contributed by atoms with Crippen LogP contribution in [0.4, 0.5) is 0 Å². The van der Waals surface area contributed by atoms with E-state index in [9.17, 15) is 15.3 Å². The van der Waals surface area contributed by atoms with Gasteiger partial charge in [0.25, 0.3) is 0 Å². The maximum absolute atomic E-state index is 10.2. The van der Waals surface area contributed by atoms with Crippen LogP contribution in [0.3, 0.4) is 0 Å². The van der Waals surface area contributed by atoms with Gasteiger partial charge in [-0.3, -0.25) is 0 Å². The molecule has 3 rings (SSSR count). The Morgan fingerprint density at radius 3 is 2.55 bits per heavy atom. The molecule has 0 aromatic heterocycles. The van der Waals surface area contributed by atoms with E-state index in [1.165, 1.54) is 43.3 Å². The number of aliphatic hydroxyl groups excluding tert-OH is 2. The van der Waals surface area contributed by atoms with E-state index in [0.29, 0.717) is 30.1 Å². The summed E-state index contributed by atoms with van der Waals surface area (Å²) in [5.41, 5.74) is 4.94. The second-order valence-electron chi connectivity index (χ2n) is 11.8. The minimum absolute atomic E-state index is 0.350. The largest absolute Gasteiger partial charge is 0.393 e. The first-order valence-corrected chi connectivity index (χ1v) is 12.6. The van der Waals surface area contributed by atoms with E-state index in [0.717, 1.165) is 29.9 Å². The highest BCUT2D eigenvalue weighted by molar-refractivity contribution is 5.39. The molecule has 0 unspecified atom stereocenters. The molecule has 3 aliphatic rings. The third-order valence-electron chi connectivity index (χ3n) is 8.87. The molecule has 3 N–H and O–H groups in total. The van der Waals surface area contributed by atoms with Crippen LogP contribution in [0, 0.1) is 23.2 Å². The highest BCUT2D eigenvalue weighted by Gasteiger charge is 2.50. The zero-order valence-electron chi connectivity index (χ0n) is 20.7. The monoisotopic (exact) mass is 430 g/mol. The van der Waals surface area contributed by atoms with Gasteiger partial charge in [0.2, 0.25) is 0 Å². The molecule has 176 valence electrons. The van der Waals surface area contributed by atoms with Gasteiger partial charge in [0.15, 0.2) is 0 Å². The molecule has 0 aromatic rings. The quantitative estimate of drug-likeness (QED) is 0.458. The average Bonchev–Trinajstić information content (AvgIpc) is 3.01. The van der Waals surface area contributed by atoms with Crippen LogP contribution in [-0.2, 0) is 0 Å². The molecule has 3 aliphatic carbocycles. The van der Waals surface area contributed by atoms with E-state index in [4.69, 9.17) is 0 Å². The first kappa shape index (κ1) is 24.7. The van der Waals surface area contributed by atoms with Gasteiger partial charge in [-0.15, -0.1) is 0 Å². The van der Waals surface area contributed by atoms with Gasteiger partial charge < -0.3 is 15.3 Å². The molecule has 0 spiro atoms. The molecule has 0 radical (unpaired) electrons. The van der Waals surface area contributed by atoms with Crippen molar-refractivity contribution >= 4 is 0 Å². The van der Waals surface area contributed by atoms with Gasteiger partial charge in [-0.25, -0.2) is 0 Å². The molecule has 1 fully saturated rings. The summed E-state index contributed by atoms with van der Waals surface area (Å²) in [6, 6.07) is 0. The maximum Gasteiger partial charge on any atom is 0.0777 e. The summed E-state index contributed by atoms with van der Waals surface area (Å²) in [6.07, 6.45) is 12.8. The van der Waals surface area contributed by atoms with Gasteiger partial charge in [-0.2, -0.15) is 0 Å². The van der Waals surface area contributed by atoms with Crippen LogP contribution >= 0.6 is 0 Å². The molecule has 3 nitrogen and oxygen atoms in total. The summed E-state index contributed by atoms with van der Waals surface area (Å²) in [5.74, 6) is 2.04. The van der Waals surface area contributed by atoms with Crippen LogP contribution in [0.25, 0.3) is 0 Å². The smallest absolute Gasteiger partial charge is 0.0777 e. The number of rotatable bonds is 7. The minimum Gasteiger partial charge on any atom is -0.393 e. The Morgan fingerprint density at radius 2 is 1.87 bits per heavy atom. The normalized spacial score (nSPS) is 35.8. The molecule has 3 heteroatoms. The highest BCUT2D eigenvalue weighted by Crippen LogP contribution is 2.60. The molecule has 0 heterocycles. The van der Waals surface area contributed by atoms with Crippen LogP contribution < -0.4 is 0 Å². The summed E-state index contributed by atoms with van der Waals surface area (Å²) in [4.78, 5) is 0. The second kappa shape index (κ2) is 9.53. The maximum atomic E-state index is 10.2. The van der Waals surface area contributed by atoms with Crippen LogP contribution in [0.2, 0.25) is 0 Å². The molecular weight excluding hydrogens is 384 g/mol. The van der Waals surface area contributed by atoms with Crippen LogP contribution in [0.15, 0.2) is 34.4 Å². The predicted molar refractivity (Wildman–Crippen MR) is 129 cm³/mol. The molecule has 1 saturated carbocycles. The minimum atomic E-state index is -0.558. The van der Waals surface area contributed by atoms with E-state index in [1.807, 2.05) is 20.8 Å². The number of allylic oxidation sites excluding steroid dienone is 4. The van der Waals surface area contributed by atoms with Crippen molar-refractivity contribution in [3.63, 3.8) is 0 Å². The predicted octanol–water partition coefficient (Wildman–Crippen LogP) is 6.09. The third-order valence-corrected chi connectivity index (χ3v) is 8.87. The van der Waals surface area contributed by atoms with Gasteiger partial charge in [0.1, 0.15) is 0 Å². The topological polar surface area (TPSA) is 60.7 Å². The Balaban J connectivity index is 1.74. The van der Waals surface area contributed by atoms with Crippen molar-refractivity contribution in [2.45, 2.75) is 117 Å². The molecule has 0 saturated heterocycles. The van der Waals surface area contributed by atoms with Crippen LogP contribution in [-0.4, -0.2) is 33.1 Å². The van der Waals surface area contributed by atoms with Crippen LogP contribution in [0.1, 0.15) is 99.3 Å². The first-order chi connectivity index (χ1) is 14.4. The standard InChI is InChI=1S/C28H46O3/c1-18-13-15-28(6)24(19(2)8-7-14-27(4,5)31)11-12-25(28)23(18)10-9-21-16-22(29)17-26(30)20(21)3/h9-10,19,22,24-26,29-31H,7-8,11-17H2,1-6H3/b10-9-/t19-,22-,24-,25+,26+,28-/m1/s1. The fourth-order valence-corrected chi connectivity index (χ4v) is 6.82. The summed E-state index contributed by atoms with van der Waals surface area (Å²) >= 11 is 0. The third kappa shape index (κ3) is 5.54. The van der Waals surface area contributed by atoms with Crippen LogP contribution in [0.5, 0.6) is 0 Å². The number of hydrogen-bond donors (Lipinski definition) is 3. The van der Waals surface area contributed by atoms with Gasteiger partial charge in [0, 0.05) is 6.42 Å². The zero-order chi connectivity index (χ0) is 23.0. The molecule has 31 heavy (non-hydrogen) atoms. The summed E-state index contributed by atoms with van der Waals surface area (Å²) < 4.78 is 0. The van der Waals surface area contributed by atoms with E-state index >= 15 is 0 Å². The van der Waals surface area contributed by atoms with E-state index in [1.54, 1.807) is 0 Å². The zero-order valence-corrected chi connectivity index (χ0v) is 20.7. The Morgan fingerprint density at radius 1 is 1.16 bits per heavy atom. The molecule has 0 bridgehead atoms. The van der Waals surface area contributed by atoms with E-state index < -0.39 is 17.8 Å². The van der Waals surface area contributed by atoms with Crippen molar-refractivity contribution in [3.05, 3.63) is 34.4 Å². The Bertz CT molecular complexity index is 738. The lowest BCUT2D eigenvalue weighted by Gasteiger charge is -2.44. The van der Waals surface area contributed by atoms with Crippen molar-refractivity contribution in [2.75, 3.05) is 0 Å². The number of hydrogen-bond acceptors (Lipinski definition) is 3. The first-order valence-electron chi connectivity index (χ1n) is 12.6. The number of fused-ring (bicyclic) bond motifs is 1. The SMILES string of the molecule is CC1=C(/C=C\C2=C(C)[C@@H](O)C[C@H](O)C2)[C@@H]2CC[C@H]([C@H](C)CCCC(C)(C)O)[C@@]2(C)CC1. The van der Waals surface area contributed by atoms with Crippen molar-refractivity contribution in [2.24, 2.45) is 23.2 Å². The molecular formula is C28H46O3. The summed E-state index contributed by atoms with van der Waals surface area (Å²) in [7, 11) is 0. The van der Waals surface area contributed by atoms with Gasteiger partial charge >= 0.3 is 0 Å². The fraction of sp³-hybridized carbons (Fsp3) is 0.786. The Kier molecular flexibility index (Phi) is 7.61. The van der Waals surface area contributed by atoms with Crippen molar-refractivity contribution in [3.8, 4) is 0 Å². The number of aliphatic hydroxyl groups is 3. The van der Waals surface area contributed by atoms with Gasteiger partial charge in [0.05, 0.1) is 17.8 Å². The van der Waals surface area contributed by atoms with Crippen molar-refractivity contribution in [1.29, 1.82) is 0 Å². The average molecular weight is 431 g/mol. The Hall–Kier alpha value is -0.900. The van der Waals surface area contributed by atoms with E-state index in [2.05, 4.69) is 32.9 Å². The Labute approximate surface area is 190 Å². The molecule has 6 atom stereocenters. The fourth-order valence-electron chi connectivity index (χ4n) is 6.82. The lowest BCUT2D eigenvalue weighted by Crippen LogP contribution is -2.36. The van der Waals surface area contributed by atoms with Crippen molar-refractivity contribution in [1.82, 2.24) is 0 Å². The summed E-state index contributed by atoms with van der Waals surface area (Å²) in [6.45, 7) is 13.1. The summed E-state index contributed by atoms with van der Waals surface area (Å²) in [5, 5.41) is 30.4. The van der Waals surface area contributed by atoms with Crippen molar-refractivity contribution < 1.29 is 15.3 Å².